The van der Waals surface area contributed by atoms with Crippen molar-refractivity contribution < 1.29 is 23.5 Å². The number of amides is 1. The molecule has 1 amide bonds. The molecule has 34 heavy (non-hydrogen) atoms. The minimum atomic E-state index is -0.654. The molecule has 3 atom stereocenters. The van der Waals surface area contributed by atoms with Crippen LogP contribution in [0.15, 0.2) is 53.8 Å². The lowest BCUT2D eigenvalue weighted by molar-refractivity contribution is -0.131. The number of fused-ring (bicyclic) bond motifs is 2. The average Bonchev–Trinajstić information content (AvgIpc) is 3.38. The van der Waals surface area contributed by atoms with Gasteiger partial charge < -0.3 is 9.47 Å². The number of anilines is 1. The summed E-state index contributed by atoms with van der Waals surface area (Å²) < 4.78 is 26.2. The number of carbonyl (C=O) groups is 2. The van der Waals surface area contributed by atoms with Crippen molar-refractivity contribution in [2.45, 2.75) is 44.8 Å². The first-order chi connectivity index (χ1) is 16.5. The maximum atomic E-state index is 13.8. The van der Waals surface area contributed by atoms with Crippen LogP contribution in [0.1, 0.15) is 44.2 Å². The monoisotopic (exact) mass is 478 g/mol. The fourth-order valence-corrected chi connectivity index (χ4v) is 6.28. The van der Waals surface area contributed by atoms with E-state index in [4.69, 9.17) is 9.47 Å². The molecular formula is C26H23FN2O4S. The molecule has 0 saturated heterocycles. The second-order valence-corrected chi connectivity index (χ2v) is 9.85. The summed E-state index contributed by atoms with van der Waals surface area (Å²) in [5.41, 5.74) is 1.78. The number of hydrogen-bond donors (Lipinski definition) is 0. The number of thiazole rings is 1. The molecule has 3 heterocycles. The predicted octanol–water partition coefficient (Wildman–Crippen LogP) is 5.33. The highest BCUT2D eigenvalue weighted by Crippen LogP contribution is 2.49. The van der Waals surface area contributed by atoms with Gasteiger partial charge in [-0.15, -0.1) is 0 Å². The third-order valence-electron chi connectivity index (χ3n) is 6.82. The number of carbonyl (C=O) groups excluding carboxylic acids is 2. The van der Waals surface area contributed by atoms with Crippen LogP contribution in [-0.2, 0) is 14.3 Å². The van der Waals surface area contributed by atoms with Gasteiger partial charge in [0.15, 0.2) is 16.7 Å². The lowest BCUT2D eigenvalue weighted by Crippen LogP contribution is -2.39. The van der Waals surface area contributed by atoms with E-state index >= 15 is 0 Å². The summed E-state index contributed by atoms with van der Waals surface area (Å²) >= 11 is 1.23. The highest BCUT2D eigenvalue weighted by Gasteiger charge is 2.53. The molecule has 0 bridgehead atoms. The molecule has 0 N–H and O–H groups in total. The van der Waals surface area contributed by atoms with E-state index in [1.807, 2.05) is 31.2 Å². The summed E-state index contributed by atoms with van der Waals surface area (Å²) in [4.78, 5) is 33.6. The first-order valence-electron chi connectivity index (χ1n) is 11.6. The number of ether oxygens (including phenoxy) is 2. The number of halogens is 1. The molecule has 3 aliphatic rings. The van der Waals surface area contributed by atoms with Crippen molar-refractivity contribution in [1.29, 1.82) is 0 Å². The Bertz CT molecular complexity index is 1330. The predicted molar refractivity (Wildman–Crippen MR) is 126 cm³/mol. The largest absolute Gasteiger partial charge is 0.494 e. The molecule has 0 spiro atoms. The second kappa shape index (κ2) is 8.20. The van der Waals surface area contributed by atoms with E-state index in [1.54, 1.807) is 6.07 Å². The van der Waals surface area contributed by atoms with Gasteiger partial charge in [-0.05, 0) is 62.1 Å². The molecule has 2 aromatic carbocycles. The van der Waals surface area contributed by atoms with Crippen molar-refractivity contribution in [2.75, 3.05) is 11.5 Å². The lowest BCUT2D eigenvalue weighted by atomic mass is 9.77. The van der Waals surface area contributed by atoms with Gasteiger partial charge >= 0.3 is 0 Å². The van der Waals surface area contributed by atoms with Crippen molar-refractivity contribution in [2.24, 2.45) is 5.92 Å². The standard InChI is InChI=1S/C26H23FN2O4S/c1-2-32-16-10-7-14(8-11-16)22-21-23(30)17-5-3-4-6-19(17)33-24(21)25(31)29(22)26-28-18-12-9-15(27)13-20(18)34-26/h7-13,17,19,22H,2-6H2,1H3. The molecule has 1 aromatic heterocycles. The van der Waals surface area contributed by atoms with Crippen molar-refractivity contribution in [3.63, 3.8) is 0 Å². The normalized spacial score (nSPS) is 24.3. The highest BCUT2D eigenvalue weighted by molar-refractivity contribution is 7.22. The van der Waals surface area contributed by atoms with Crippen LogP contribution in [-0.4, -0.2) is 29.4 Å². The Morgan fingerprint density at radius 3 is 2.74 bits per heavy atom. The van der Waals surface area contributed by atoms with Crippen LogP contribution in [0.25, 0.3) is 10.2 Å². The fraction of sp³-hybridized carbons (Fsp3) is 0.346. The third kappa shape index (κ3) is 3.31. The number of aromatic nitrogens is 1. The van der Waals surface area contributed by atoms with Gasteiger partial charge in [0.1, 0.15) is 17.7 Å². The van der Waals surface area contributed by atoms with Gasteiger partial charge in [-0.2, -0.15) is 0 Å². The van der Waals surface area contributed by atoms with E-state index in [1.165, 1.54) is 28.4 Å². The average molecular weight is 479 g/mol. The number of hydrogen-bond acceptors (Lipinski definition) is 6. The molecule has 2 aliphatic heterocycles. The van der Waals surface area contributed by atoms with Crippen molar-refractivity contribution in [1.82, 2.24) is 4.98 Å². The summed E-state index contributed by atoms with van der Waals surface area (Å²) in [6.07, 6.45) is 3.25. The Balaban J connectivity index is 1.48. The van der Waals surface area contributed by atoms with Gasteiger partial charge in [0.05, 0.1) is 34.4 Å². The van der Waals surface area contributed by atoms with E-state index in [0.29, 0.717) is 33.3 Å². The first kappa shape index (κ1) is 21.3. The van der Waals surface area contributed by atoms with E-state index in [0.717, 1.165) is 31.2 Å². The number of rotatable bonds is 4. The fourth-order valence-electron chi connectivity index (χ4n) is 5.26. The van der Waals surface area contributed by atoms with E-state index < -0.39 is 6.04 Å². The van der Waals surface area contributed by atoms with Gasteiger partial charge in [-0.25, -0.2) is 9.37 Å². The Kier molecular flexibility index (Phi) is 5.13. The molecule has 3 aromatic rings. The first-order valence-corrected chi connectivity index (χ1v) is 12.4. The van der Waals surface area contributed by atoms with E-state index in [-0.39, 0.29) is 35.3 Å². The Morgan fingerprint density at radius 2 is 1.94 bits per heavy atom. The lowest BCUT2D eigenvalue weighted by Gasteiger charge is -2.35. The van der Waals surface area contributed by atoms with Crippen molar-refractivity contribution in [3.05, 3.63) is 65.2 Å². The van der Waals surface area contributed by atoms with E-state index in [9.17, 15) is 14.0 Å². The minimum Gasteiger partial charge on any atom is -0.494 e. The van der Waals surface area contributed by atoms with Crippen molar-refractivity contribution in [3.8, 4) is 5.75 Å². The van der Waals surface area contributed by atoms with Gasteiger partial charge in [-0.3, -0.25) is 14.5 Å². The highest BCUT2D eigenvalue weighted by atomic mass is 32.1. The second-order valence-electron chi connectivity index (χ2n) is 8.84. The molecule has 174 valence electrons. The Morgan fingerprint density at radius 1 is 1.15 bits per heavy atom. The molecular weight excluding hydrogens is 455 g/mol. The zero-order chi connectivity index (χ0) is 23.4. The van der Waals surface area contributed by atoms with Crippen LogP contribution in [0.5, 0.6) is 5.75 Å². The molecule has 1 aliphatic carbocycles. The molecule has 3 unspecified atom stereocenters. The maximum absolute atomic E-state index is 13.8. The zero-order valence-electron chi connectivity index (χ0n) is 18.6. The van der Waals surface area contributed by atoms with Crippen LogP contribution in [0.3, 0.4) is 0 Å². The van der Waals surface area contributed by atoms with Crippen LogP contribution >= 0.6 is 11.3 Å². The van der Waals surface area contributed by atoms with Gasteiger partial charge in [0.25, 0.3) is 5.91 Å². The zero-order valence-corrected chi connectivity index (χ0v) is 19.4. The van der Waals surface area contributed by atoms with Crippen LogP contribution in [0.2, 0.25) is 0 Å². The minimum absolute atomic E-state index is 0.00663. The summed E-state index contributed by atoms with van der Waals surface area (Å²) in [5.74, 6) is -0.116. The number of Topliss-reactive ketones (excluding diaryl/α,β-unsaturated/α-hetero) is 1. The van der Waals surface area contributed by atoms with Gasteiger partial charge in [-0.1, -0.05) is 29.9 Å². The topological polar surface area (TPSA) is 68.7 Å². The third-order valence-corrected chi connectivity index (χ3v) is 7.83. The molecule has 1 fully saturated rings. The van der Waals surface area contributed by atoms with Crippen LogP contribution in [0.4, 0.5) is 9.52 Å². The van der Waals surface area contributed by atoms with Crippen LogP contribution < -0.4 is 9.64 Å². The number of ketones is 1. The van der Waals surface area contributed by atoms with Gasteiger partial charge in [0.2, 0.25) is 0 Å². The smallest absolute Gasteiger partial charge is 0.296 e. The maximum Gasteiger partial charge on any atom is 0.296 e. The summed E-state index contributed by atoms with van der Waals surface area (Å²) in [7, 11) is 0. The molecule has 6 rings (SSSR count). The Hall–Kier alpha value is -3.26. The summed E-state index contributed by atoms with van der Waals surface area (Å²) in [6.45, 7) is 2.46. The molecule has 8 heteroatoms. The number of benzene rings is 2. The Labute approximate surface area is 200 Å². The SMILES string of the molecule is CCOc1ccc(C2C3=C(OC4CCCCC4C3=O)C(=O)N2c2nc3ccc(F)cc3s2)cc1. The summed E-state index contributed by atoms with van der Waals surface area (Å²) in [6, 6.07) is 11.1. The molecule has 6 nitrogen and oxygen atoms in total. The van der Waals surface area contributed by atoms with E-state index in [2.05, 4.69) is 4.98 Å². The summed E-state index contributed by atoms with van der Waals surface area (Å²) in [5, 5.41) is 0.415. The molecule has 1 saturated carbocycles. The number of nitrogens with zero attached hydrogens (tertiary/aromatic N) is 2. The molecule has 0 radical (unpaired) electrons. The van der Waals surface area contributed by atoms with Crippen molar-refractivity contribution >= 4 is 38.4 Å². The van der Waals surface area contributed by atoms with Crippen LogP contribution in [0, 0.1) is 11.7 Å². The quantitative estimate of drug-likeness (QED) is 0.507. The van der Waals surface area contributed by atoms with Gasteiger partial charge in [0, 0.05) is 0 Å².